The Balaban J connectivity index is 1.69. The van der Waals surface area contributed by atoms with Crippen LogP contribution >= 0.6 is 11.3 Å². The standard InChI is InChI=1S/C24H19N3O3S/c1-14-8-11-31-23(14)20-19(21(28)17-12-26-18-5-3-2-4-16(17)18)22(29)24(30)27(20)13-15-6-9-25-10-7-15/h2-12,20,26,28H,13H2,1H3/b21-19+. The average Bonchev–Trinajstić information content (AvgIpc) is 3.47. The lowest BCUT2D eigenvalue weighted by atomic mass is 9.98. The van der Waals surface area contributed by atoms with Gasteiger partial charge in [0.1, 0.15) is 11.8 Å². The lowest BCUT2D eigenvalue weighted by molar-refractivity contribution is -0.140. The SMILES string of the molecule is Cc1ccsc1C1/C(=C(\O)c2c[nH]c3ccccc23)C(=O)C(=O)N1Cc1ccncc1. The Morgan fingerprint density at radius 1 is 1.16 bits per heavy atom. The van der Waals surface area contributed by atoms with E-state index in [2.05, 4.69) is 9.97 Å². The van der Waals surface area contributed by atoms with Crippen LogP contribution in [0.1, 0.15) is 27.6 Å². The van der Waals surface area contributed by atoms with Crippen molar-refractivity contribution in [1.29, 1.82) is 0 Å². The van der Waals surface area contributed by atoms with Crippen LogP contribution in [0, 0.1) is 6.92 Å². The first-order valence-corrected chi connectivity index (χ1v) is 10.7. The summed E-state index contributed by atoms with van der Waals surface area (Å²) in [4.78, 5) is 35.8. The van der Waals surface area contributed by atoms with Crippen LogP contribution in [0.3, 0.4) is 0 Å². The molecule has 1 atom stereocenters. The number of likely N-dealkylation sites (tertiary alicyclic amines) is 1. The van der Waals surface area contributed by atoms with Crippen molar-refractivity contribution >= 4 is 39.7 Å². The molecule has 0 saturated carbocycles. The normalized spacial score (nSPS) is 18.2. The number of para-hydroxylation sites is 1. The molecule has 0 radical (unpaired) electrons. The number of nitrogens with zero attached hydrogens (tertiary/aromatic N) is 2. The van der Waals surface area contributed by atoms with Crippen molar-refractivity contribution in [2.75, 3.05) is 0 Å². The minimum atomic E-state index is -0.672. The highest BCUT2D eigenvalue weighted by molar-refractivity contribution is 7.10. The highest BCUT2D eigenvalue weighted by Crippen LogP contribution is 2.43. The van der Waals surface area contributed by atoms with Gasteiger partial charge in [0, 0.05) is 46.5 Å². The van der Waals surface area contributed by atoms with Crippen LogP contribution in [-0.2, 0) is 16.1 Å². The Kier molecular flexibility index (Phi) is 4.67. The number of aromatic nitrogens is 2. The van der Waals surface area contributed by atoms with E-state index in [1.54, 1.807) is 18.6 Å². The Hall–Kier alpha value is -3.71. The third kappa shape index (κ3) is 3.14. The molecule has 0 aliphatic carbocycles. The third-order valence-corrected chi connectivity index (χ3v) is 6.71. The molecule has 1 aliphatic heterocycles. The van der Waals surface area contributed by atoms with Gasteiger partial charge in [-0.25, -0.2) is 0 Å². The fourth-order valence-electron chi connectivity index (χ4n) is 4.08. The molecule has 0 bridgehead atoms. The minimum Gasteiger partial charge on any atom is -0.507 e. The molecule has 1 aliphatic rings. The first-order valence-electron chi connectivity index (χ1n) is 9.84. The molecule has 5 rings (SSSR count). The number of carbonyl (C=O) groups is 2. The van der Waals surface area contributed by atoms with Crippen molar-refractivity contribution in [3.05, 3.63) is 93.6 Å². The number of thiophene rings is 1. The second-order valence-electron chi connectivity index (χ2n) is 7.50. The molecule has 31 heavy (non-hydrogen) atoms. The van der Waals surface area contributed by atoms with E-state index in [0.29, 0.717) is 5.56 Å². The molecule has 154 valence electrons. The van der Waals surface area contributed by atoms with E-state index < -0.39 is 17.7 Å². The van der Waals surface area contributed by atoms with Crippen LogP contribution in [0.15, 0.2) is 72.0 Å². The molecule has 1 unspecified atom stereocenters. The number of ketones is 1. The van der Waals surface area contributed by atoms with Gasteiger partial charge in [0.2, 0.25) is 0 Å². The Labute approximate surface area is 182 Å². The van der Waals surface area contributed by atoms with Gasteiger partial charge in [-0.3, -0.25) is 14.6 Å². The summed E-state index contributed by atoms with van der Waals surface area (Å²) in [6.07, 6.45) is 4.99. The minimum absolute atomic E-state index is 0.120. The zero-order valence-corrected chi connectivity index (χ0v) is 17.5. The maximum Gasteiger partial charge on any atom is 0.295 e. The Morgan fingerprint density at radius 3 is 2.68 bits per heavy atom. The fourth-order valence-corrected chi connectivity index (χ4v) is 5.12. The van der Waals surface area contributed by atoms with E-state index >= 15 is 0 Å². The van der Waals surface area contributed by atoms with Crippen LogP contribution in [0.2, 0.25) is 0 Å². The quantitative estimate of drug-likeness (QED) is 0.283. The summed E-state index contributed by atoms with van der Waals surface area (Å²) in [5.41, 5.74) is 3.31. The summed E-state index contributed by atoms with van der Waals surface area (Å²) >= 11 is 1.48. The second kappa shape index (κ2) is 7.52. The number of pyridine rings is 1. The summed E-state index contributed by atoms with van der Waals surface area (Å²) in [6, 6.07) is 12.5. The number of hydrogen-bond acceptors (Lipinski definition) is 5. The number of hydrogen-bond donors (Lipinski definition) is 2. The van der Waals surface area contributed by atoms with Gasteiger partial charge in [0.25, 0.3) is 11.7 Å². The van der Waals surface area contributed by atoms with Crippen molar-refractivity contribution in [2.45, 2.75) is 19.5 Å². The third-order valence-electron chi connectivity index (χ3n) is 5.64. The Morgan fingerprint density at radius 2 is 1.94 bits per heavy atom. The molecule has 1 amide bonds. The molecule has 0 spiro atoms. The molecule has 3 aromatic heterocycles. The second-order valence-corrected chi connectivity index (χ2v) is 8.45. The van der Waals surface area contributed by atoms with Gasteiger partial charge in [-0.15, -0.1) is 11.3 Å². The highest BCUT2D eigenvalue weighted by atomic mass is 32.1. The lowest BCUT2D eigenvalue weighted by Gasteiger charge is -2.25. The van der Waals surface area contributed by atoms with Gasteiger partial charge in [-0.05, 0) is 47.7 Å². The number of aliphatic hydroxyl groups is 1. The van der Waals surface area contributed by atoms with Crippen LogP contribution in [0.4, 0.5) is 0 Å². The summed E-state index contributed by atoms with van der Waals surface area (Å²) in [6.45, 7) is 2.20. The number of aliphatic hydroxyl groups excluding tert-OH is 1. The number of benzene rings is 1. The summed E-state index contributed by atoms with van der Waals surface area (Å²) in [5.74, 6) is -1.45. The zero-order chi connectivity index (χ0) is 21.5. The molecular formula is C24H19N3O3S. The van der Waals surface area contributed by atoms with E-state index in [9.17, 15) is 14.7 Å². The zero-order valence-electron chi connectivity index (χ0n) is 16.7. The number of nitrogens with one attached hydrogen (secondary N) is 1. The predicted octanol–water partition coefficient (Wildman–Crippen LogP) is 4.55. The van der Waals surface area contributed by atoms with Crippen molar-refractivity contribution in [3.8, 4) is 0 Å². The maximum atomic E-state index is 13.2. The van der Waals surface area contributed by atoms with Crippen LogP contribution in [-0.4, -0.2) is 31.7 Å². The number of amides is 1. The maximum absolute atomic E-state index is 13.2. The average molecular weight is 430 g/mol. The topological polar surface area (TPSA) is 86.3 Å². The van der Waals surface area contributed by atoms with Gasteiger partial charge in [0.15, 0.2) is 0 Å². The van der Waals surface area contributed by atoms with E-state index in [4.69, 9.17) is 0 Å². The van der Waals surface area contributed by atoms with E-state index in [1.165, 1.54) is 16.2 Å². The molecule has 1 saturated heterocycles. The van der Waals surface area contributed by atoms with Crippen LogP contribution < -0.4 is 0 Å². The van der Waals surface area contributed by atoms with E-state index in [1.807, 2.05) is 54.8 Å². The van der Waals surface area contributed by atoms with Crippen LogP contribution in [0.25, 0.3) is 16.7 Å². The van der Waals surface area contributed by atoms with Gasteiger partial charge >= 0.3 is 0 Å². The molecule has 4 heterocycles. The molecule has 1 aromatic carbocycles. The number of aryl methyl sites for hydroxylation is 1. The molecule has 7 heteroatoms. The monoisotopic (exact) mass is 429 g/mol. The lowest BCUT2D eigenvalue weighted by Crippen LogP contribution is -2.29. The number of aromatic amines is 1. The fraction of sp³-hybridized carbons (Fsp3) is 0.125. The van der Waals surface area contributed by atoms with Gasteiger partial charge in [-0.2, -0.15) is 0 Å². The van der Waals surface area contributed by atoms with E-state index in [-0.39, 0.29) is 17.9 Å². The predicted molar refractivity (Wildman–Crippen MR) is 119 cm³/mol. The molecule has 2 N–H and O–H groups in total. The van der Waals surface area contributed by atoms with Crippen molar-refractivity contribution in [1.82, 2.24) is 14.9 Å². The first kappa shape index (κ1) is 19.3. The highest BCUT2D eigenvalue weighted by Gasteiger charge is 2.47. The van der Waals surface area contributed by atoms with E-state index in [0.717, 1.165) is 26.9 Å². The van der Waals surface area contributed by atoms with Gasteiger partial charge in [-0.1, -0.05) is 18.2 Å². The number of rotatable bonds is 4. The molecule has 4 aromatic rings. The Bertz CT molecular complexity index is 1340. The van der Waals surface area contributed by atoms with Crippen molar-refractivity contribution in [2.24, 2.45) is 0 Å². The largest absolute Gasteiger partial charge is 0.507 e. The molecule has 1 fully saturated rings. The van der Waals surface area contributed by atoms with Crippen molar-refractivity contribution < 1.29 is 14.7 Å². The number of fused-ring (bicyclic) bond motifs is 1. The molecular weight excluding hydrogens is 410 g/mol. The summed E-state index contributed by atoms with van der Waals surface area (Å²) in [5, 5.41) is 14.0. The van der Waals surface area contributed by atoms with Crippen molar-refractivity contribution in [3.63, 3.8) is 0 Å². The van der Waals surface area contributed by atoms with Gasteiger partial charge in [0.05, 0.1) is 5.57 Å². The van der Waals surface area contributed by atoms with Crippen LogP contribution in [0.5, 0.6) is 0 Å². The summed E-state index contributed by atoms with van der Waals surface area (Å²) in [7, 11) is 0. The smallest absolute Gasteiger partial charge is 0.295 e. The summed E-state index contributed by atoms with van der Waals surface area (Å²) < 4.78 is 0. The first-order chi connectivity index (χ1) is 15.1. The number of Topliss-reactive ketones (excluding diaryl/α,β-unsaturated/α-hetero) is 1. The molecule has 6 nitrogen and oxygen atoms in total. The van der Waals surface area contributed by atoms with Gasteiger partial charge < -0.3 is 15.0 Å². The number of H-pyrrole nitrogens is 1. The number of carbonyl (C=O) groups excluding carboxylic acids is 2.